The van der Waals surface area contributed by atoms with E-state index >= 15 is 0 Å². The number of hydrogen-bond donors (Lipinski definition) is 0. The van der Waals surface area contributed by atoms with E-state index in [0.717, 1.165) is 29.6 Å². The summed E-state index contributed by atoms with van der Waals surface area (Å²) in [4.78, 5) is 25.8. The summed E-state index contributed by atoms with van der Waals surface area (Å²) in [5, 5.41) is 3.16. The number of esters is 1. The van der Waals surface area contributed by atoms with Crippen LogP contribution in [-0.4, -0.2) is 18.4 Å². The first-order valence-electron chi connectivity index (χ1n) is 8.25. The highest BCUT2D eigenvalue weighted by Gasteiger charge is 2.21. The van der Waals surface area contributed by atoms with Gasteiger partial charge in [-0.3, -0.25) is 4.79 Å². The van der Waals surface area contributed by atoms with Gasteiger partial charge in [-0.2, -0.15) is 0 Å². The van der Waals surface area contributed by atoms with Crippen molar-refractivity contribution in [1.29, 1.82) is 0 Å². The summed E-state index contributed by atoms with van der Waals surface area (Å²) < 4.78 is 6.64. The quantitative estimate of drug-likeness (QED) is 0.655. The normalized spacial score (nSPS) is 14.2. The molecule has 4 nitrogen and oxygen atoms in total. The smallest absolute Gasteiger partial charge is 0.338 e. The van der Waals surface area contributed by atoms with Crippen LogP contribution in [0.4, 0.5) is 5.69 Å². The number of thiophene rings is 1. The van der Waals surface area contributed by atoms with Crippen LogP contribution in [0.5, 0.6) is 0 Å². The zero-order valence-corrected chi connectivity index (χ0v) is 14.4. The summed E-state index contributed by atoms with van der Waals surface area (Å²) >= 11 is 1.65. The van der Waals surface area contributed by atoms with E-state index in [9.17, 15) is 9.59 Å². The minimum Gasteiger partial charge on any atom is -0.457 e. The first kappa shape index (κ1) is 15.8. The Labute approximate surface area is 149 Å². The van der Waals surface area contributed by atoms with Gasteiger partial charge in [0.15, 0.2) is 0 Å². The standard InChI is InChI=1S/C20H17NO3S/c22-19-6-3-11-21(19)16-9-7-14(8-10-16)20(23)24-12-15-13-25-18-5-2-1-4-17(15)18/h1-2,4-5,7-10,13H,3,6,11-12H2. The van der Waals surface area contributed by atoms with Crippen molar-refractivity contribution < 1.29 is 14.3 Å². The lowest BCUT2D eigenvalue weighted by Gasteiger charge is -2.15. The number of ether oxygens (including phenoxy) is 1. The lowest BCUT2D eigenvalue weighted by Crippen LogP contribution is -2.23. The molecule has 1 aliphatic rings. The SMILES string of the molecule is O=C(OCc1csc2ccccc12)c1ccc(N2CCCC2=O)cc1. The second kappa shape index (κ2) is 6.69. The van der Waals surface area contributed by atoms with Gasteiger partial charge < -0.3 is 9.64 Å². The van der Waals surface area contributed by atoms with Crippen molar-refractivity contribution in [1.82, 2.24) is 0 Å². The highest BCUT2D eigenvalue weighted by molar-refractivity contribution is 7.17. The van der Waals surface area contributed by atoms with Crippen molar-refractivity contribution in [2.45, 2.75) is 19.4 Å². The van der Waals surface area contributed by atoms with Crippen molar-refractivity contribution in [2.75, 3.05) is 11.4 Å². The lowest BCUT2D eigenvalue weighted by atomic mass is 10.2. The third-order valence-corrected chi connectivity index (χ3v) is 5.42. The Kier molecular flexibility index (Phi) is 4.24. The number of nitrogens with zero attached hydrogens (tertiary/aromatic N) is 1. The van der Waals surface area contributed by atoms with E-state index in [1.807, 2.05) is 23.6 Å². The molecule has 0 spiro atoms. The van der Waals surface area contributed by atoms with E-state index in [0.29, 0.717) is 12.0 Å². The van der Waals surface area contributed by atoms with Crippen LogP contribution in [0.25, 0.3) is 10.1 Å². The number of benzene rings is 2. The first-order chi connectivity index (χ1) is 12.2. The molecule has 126 valence electrons. The molecule has 0 unspecified atom stereocenters. The average molecular weight is 351 g/mol. The first-order valence-corrected chi connectivity index (χ1v) is 9.13. The number of anilines is 1. The Morgan fingerprint density at radius 1 is 1.12 bits per heavy atom. The van der Waals surface area contributed by atoms with Crippen LogP contribution in [0, 0.1) is 0 Å². The van der Waals surface area contributed by atoms with Gasteiger partial charge in [0.25, 0.3) is 0 Å². The zero-order valence-electron chi connectivity index (χ0n) is 13.6. The number of fused-ring (bicyclic) bond motifs is 1. The van der Waals surface area contributed by atoms with Gasteiger partial charge in [-0.1, -0.05) is 18.2 Å². The Bertz CT molecular complexity index is 930. The van der Waals surface area contributed by atoms with E-state index in [1.165, 1.54) is 4.70 Å². The van der Waals surface area contributed by atoms with Crippen LogP contribution < -0.4 is 4.90 Å². The average Bonchev–Trinajstić information content (AvgIpc) is 3.26. The van der Waals surface area contributed by atoms with Crippen LogP contribution >= 0.6 is 11.3 Å². The van der Waals surface area contributed by atoms with E-state index < -0.39 is 0 Å². The van der Waals surface area contributed by atoms with Gasteiger partial charge in [0.05, 0.1) is 5.56 Å². The maximum absolute atomic E-state index is 12.3. The van der Waals surface area contributed by atoms with E-state index in [1.54, 1.807) is 40.5 Å². The van der Waals surface area contributed by atoms with Crippen molar-refractivity contribution in [3.63, 3.8) is 0 Å². The fraction of sp³-hybridized carbons (Fsp3) is 0.200. The largest absolute Gasteiger partial charge is 0.457 e. The van der Waals surface area contributed by atoms with Crippen LogP contribution in [0.2, 0.25) is 0 Å². The monoisotopic (exact) mass is 351 g/mol. The minimum atomic E-state index is -0.352. The molecule has 1 amide bonds. The number of hydrogen-bond acceptors (Lipinski definition) is 4. The zero-order chi connectivity index (χ0) is 17.2. The van der Waals surface area contributed by atoms with Gasteiger partial charge in [0.2, 0.25) is 5.91 Å². The molecule has 1 aliphatic heterocycles. The molecule has 0 N–H and O–H groups in total. The molecule has 1 saturated heterocycles. The van der Waals surface area contributed by atoms with Gasteiger partial charge >= 0.3 is 5.97 Å². The topological polar surface area (TPSA) is 46.6 Å². The molecule has 2 heterocycles. The number of carbonyl (C=O) groups excluding carboxylic acids is 2. The van der Waals surface area contributed by atoms with Crippen molar-refractivity contribution in [2.24, 2.45) is 0 Å². The molecule has 4 rings (SSSR count). The molecule has 0 saturated carbocycles. The summed E-state index contributed by atoms with van der Waals surface area (Å²) in [5.74, 6) is -0.214. The Hall–Kier alpha value is -2.66. The highest BCUT2D eigenvalue weighted by Crippen LogP contribution is 2.26. The van der Waals surface area contributed by atoms with E-state index in [-0.39, 0.29) is 18.5 Å². The number of amides is 1. The van der Waals surface area contributed by atoms with Gasteiger partial charge in [0.1, 0.15) is 6.61 Å². The van der Waals surface area contributed by atoms with E-state index in [4.69, 9.17) is 4.74 Å². The molecule has 1 fully saturated rings. The molecule has 0 atom stereocenters. The van der Waals surface area contributed by atoms with Crippen molar-refractivity contribution in [3.05, 3.63) is 65.0 Å². The molecular weight excluding hydrogens is 334 g/mol. The third kappa shape index (κ3) is 3.15. The van der Waals surface area contributed by atoms with Crippen LogP contribution in [0.15, 0.2) is 53.9 Å². The molecule has 0 aliphatic carbocycles. The second-order valence-electron chi connectivity index (χ2n) is 6.03. The molecule has 0 radical (unpaired) electrons. The summed E-state index contributed by atoms with van der Waals surface area (Å²) in [6.07, 6.45) is 1.48. The summed E-state index contributed by atoms with van der Waals surface area (Å²) in [7, 11) is 0. The predicted octanol–water partition coefficient (Wildman–Crippen LogP) is 4.39. The van der Waals surface area contributed by atoms with Crippen LogP contribution in [0.3, 0.4) is 0 Å². The fourth-order valence-electron chi connectivity index (χ4n) is 3.07. The second-order valence-corrected chi connectivity index (χ2v) is 6.94. The Balaban J connectivity index is 1.43. The summed E-state index contributed by atoms with van der Waals surface area (Å²) in [6, 6.07) is 15.1. The van der Waals surface area contributed by atoms with Gasteiger partial charge in [-0.05, 0) is 47.5 Å². The van der Waals surface area contributed by atoms with Crippen LogP contribution in [0.1, 0.15) is 28.8 Å². The number of carbonyl (C=O) groups is 2. The molecule has 0 bridgehead atoms. The third-order valence-electron chi connectivity index (χ3n) is 4.41. The molecule has 3 aromatic rings. The van der Waals surface area contributed by atoms with Crippen molar-refractivity contribution >= 4 is 39.0 Å². The molecule has 2 aromatic carbocycles. The molecule has 5 heteroatoms. The van der Waals surface area contributed by atoms with Gasteiger partial charge in [-0.25, -0.2) is 4.79 Å². The Morgan fingerprint density at radius 2 is 1.92 bits per heavy atom. The van der Waals surface area contributed by atoms with Gasteiger partial charge in [-0.15, -0.1) is 11.3 Å². The van der Waals surface area contributed by atoms with Gasteiger partial charge in [0, 0.05) is 28.9 Å². The molecular formula is C20H17NO3S. The maximum Gasteiger partial charge on any atom is 0.338 e. The molecule has 25 heavy (non-hydrogen) atoms. The minimum absolute atomic E-state index is 0.139. The molecule has 1 aromatic heterocycles. The fourth-order valence-corrected chi connectivity index (χ4v) is 4.02. The van der Waals surface area contributed by atoms with E-state index in [2.05, 4.69) is 6.07 Å². The summed E-state index contributed by atoms with van der Waals surface area (Å²) in [5.41, 5.74) is 2.35. The number of rotatable bonds is 4. The maximum atomic E-state index is 12.3. The lowest BCUT2D eigenvalue weighted by molar-refractivity contribution is -0.117. The summed E-state index contributed by atoms with van der Waals surface area (Å²) in [6.45, 7) is 1.00. The Morgan fingerprint density at radius 3 is 2.68 bits per heavy atom. The van der Waals surface area contributed by atoms with Crippen LogP contribution in [-0.2, 0) is 16.1 Å². The highest BCUT2D eigenvalue weighted by atomic mass is 32.1. The predicted molar refractivity (Wildman–Crippen MR) is 99.0 cm³/mol. The van der Waals surface area contributed by atoms with Crippen molar-refractivity contribution in [3.8, 4) is 0 Å².